The molecule has 0 N–H and O–H groups in total. The molecule has 2 aliphatic carbocycles. The predicted octanol–water partition coefficient (Wildman–Crippen LogP) is 13.1. The standard InChI is InChI=1S/C47H45N/c1-45(2)27-28-46(3,4)42-29-33(25-26-40(42)45)37-30-38-36-22-13-15-23-39(36)47(5,6)41(38)31-44(37)48(34-19-11-8-12-20-34)43-24-16-14-21-35(43)32-17-9-7-10-18-32/h7-26,29-31H,27-28H2,1-6H3. The number of hydrogen-bond donors (Lipinski definition) is 0. The van der Waals surface area contributed by atoms with Gasteiger partial charge in [-0.05, 0) is 98.5 Å². The zero-order chi connectivity index (χ0) is 33.3. The van der Waals surface area contributed by atoms with Crippen LogP contribution in [0.3, 0.4) is 0 Å². The molecule has 238 valence electrons. The van der Waals surface area contributed by atoms with Crippen LogP contribution in [0, 0.1) is 0 Å². The van der Waals surface area contributed by atoms with Crippen LogP contribution in [0.1, 0.15) is 76.6 Å². The fourth-order valence-electron chi connectivity index (χ4n) is 8.42. The van der Waals surface area contributed by atoms with E-state index in [9.17, 15) is 0 Å². The van der Waals surface area contributed by atoms with E-state index in [1.165, 1.54) is 79.9 Å². The average Bonchev–Trinajstić information content (AvgIpc) is 3.33. The fourth-order valence-corrected chi connectivity index (χ4v) is 8.42. The topological polar surface area (TPSA) is 3.24 Å². The summed E-state index contributed by atoms with van der Waals surface area (Å²) in [5, 5.41) is 0. The van der Waals surface area contributed by atoms with Gasteiger partial charge in [-0.3, -0.25) is 0 Å². The molecule has 8 rings (SSSR count). The summed E-state index contributed by atoms with van der Waals surface area (Å²) in [4.78, 5) is 2.51. The molecule has 0 aliphatic heterocycles. The van der Waals surface area contributed by atoms with Crippen molar-refractivity contribution in [3.8, 4) is 33.4 Å². The minimum absolute atomic E-state index is 0.116. The van der Waals surface area contributed by atoms with Gasteiger partial charge in [0, 0.05) is 22.2 Å². The molecule has 0 spiro atoms. The second kappa shape index (κ2) is 11.1. The van der Waals surface area contributed by atoms with Crippen molar-refractivity contribution >= 4 is 17.1 Å². The fraction of sp³-hybridized carbons (Fsp3) is 0.234. The molecule has 6 aromatic rings. The Hall–Kier alpha value is -4.88. The van der Waals surface area contributed by atoms with Gasteiger partial charge >= 0.3 is 0 Å². The molecular formula is C47H45N. The third-order valence-electron chi connectivity index (χ3n) is 11.3. The van der Waals surface area contributed by atoms with Crippen molar-refractivity contribution in [2.24, 2.45) is 0 Å². The Balaban J connectivity index is 1.46. The second-order valence-electron chi connectivity index (χ2n) is 15.7. The first-order valence-corrected chi connectivity index (χ1v) is 17.5. The van der Waals surface area contributed by atoms with Crippen molar-refractivity contribution in [1.82, 2.24) is 0 Å². The van der Waals surface area contributed by atoms with E-state index in [4.69, 9.17) is 0 Å². The van der Waals surface area contributed by atoms with Crippen LogP contribution in [0.4, 0.5) is 17.1 Å². The lowest BCUT2D eigenvalue weighted by Crippen LogP contribution is -2.33. The van der Waals surface area contributed by atoms with E-state index in [0.717, 1.165) is 5.69 Å². The smallest absolute Gasteiger partial charge is 0.0543 e. The van der Waals surface area contributed by atoms with Gasteiger partial charge < -0.3 is 4.90 Å². The van der Waals surface area contributed by atoms with Crippen molar-refractivity contribution in [2.75, 3.05) is 4.90 Å². The highest BCUT2D eigenvalue weighted by Crippen LogP contribution is 2.55. The van der Waals surface area contributed by atoms with Crippen LogP contribution in [0.25, 0.3) is 33.4 Å². The zero-order valence-corrected chi connectivity index (χ0v) is 29.1. The van der Waals surface area contributed by atoms with Gasteiger partial charge in [0.05, 0.1) is 11.4 Å². The maximum atomic E-state index is 2.53. The van der Waals surface area contributed by atoms with Crippen molar-refractivity contribution in [2.45, 2.75) is 70.6 Å². The third-order valence-corrected chi connectivity index (χ3v) is 11.3. The molecule has 0 saturated heterocycles. The first kappa shape index (κ1) is 30.5. The van der Waals surface area contributed by atoms with Gasteiger partial charge in [-0.1, -0.05) is 151 Å². The largest absolute Gasteiger partial charge is 0.309 e. The summed E-state index contributed by atoms with van der Waals surface area (Å²) in [6.45, 7) is 14.5. The van der Waals surface area contributed by atoms with Gasteiger partial charge in [0.25, 0.3) is 0 Å². The summed E-state index contributed by atoms with van der Waals surface area (Å²) in [7, 11) is 0. The molecular weight excluding hydrogens is 579 g/mol. The van der Waals surface area contributed by atoms with E-state index in [1.807, 2.05) is 0 Å². The highest BCUT2D eigenvalue weighted by molar-refractivity contribution is 5.97. The number of rotatable bonds is 5. The molecule has 0 heterocycles. The highest BCUT2D eigenvalue weighted by Gasteiger charge is 2.39. The Kier molecular flexibility index (Phi) is 7.04. The highest BCUT2D eigenvalue weighted by atomic mass is 15.1. The van der Waals surface area contributed by atoms with Gasteiger partial charge in [-0.15, -0.1) is 0 Å². The van der Waals surface area contributed by atoms with Crippen LogP contribution in [-0.2, 0) is 16.2 Å². The van der Waals surface area contributed by atoms with Crippen LogP contribution in [0.2, 0.25) is 0 Å². The molecule has 6 aromatic carbocycles. The van der Waals surface area contributed by atoms with Crippen LogP contribution >= 0.6 is 0 Å². The van der Waals surface area contributed by atoms with Gasteiger partial charge in [-0.2, -0.15) is 0 Å². The first-order valence-electron chi connectivity index (χ1n) is 17.5. The summed E-state index contributed by atoms with van der Waals surface area (Å²) >= 11 is 0. The normalized spacial score (nSPS) is 16.5. The van der Waals surface area contributed by atoms with Crippen molar-refractivity contribution < 1.29 is 0 Å². The molecule has 0 bridgehead atoms. The lowest BCUT2D eigenvalue weighted by molar-refractivity contribution is 0.332. The minimum Gasteiger partial charge on any atom is -0.309 e. The average molecular weight is 624 g/mol. The molecule has 48 heavy (non-hydrogen) atoms. The Labute approximate surface area is 286 Å². The Bertz CT molecular complexity index is 2150. The van der Waals surface area contributed by atoms with E-state index >= 15 is 0 Å². The predicted molar refractivity (Wildman–Crippen MR) is 205 cm³/mol. The van der Waals surface area contributed by atoms with Crippen LogP contribution in [0.5, 0.6) is 0 Å². The Morgan fingerprint density at radius 3 is 1.73 bits per heavy atom. The summed E-state index contributed by atoms with van der Waals surface area (Å²) in [5.74, 6) is 0. The number of para-hydroxylation sites is 2. The van der Waals surface area contributed by atoms with E-state index in [1.54, 1.807) is 0 Å². The van der Waals surface area contributed by atoms with E-state index in [-0.39, 0.29) is 16.2 Å². The summed E-state index contributed by atoms with van der Waals surface area (Å²) in [6.07, 6.45) is 2.40. The molecule has 1 nitrogen and oxygen atoms in total. The number of fused-ring (bicyclic) bond motifs is 4. The van der Waals surface area contributed by atoms with Gasteiger partial charge in [-0.25, -0.2) is 0 Å². The van der Waals surface area contributed by atoms with Crippen molar-refractivity contribution in [1.29, 1.82) is 0 Å². The molecule has 0 radical (unpaired) electrons. The second-order valence-corrected chi connectivity index (χ2v) is 15.7. The molecule has 1 heteroatoms. The summed E-state index contributed by atoms with van der Waals surface area (Å²) in [5.41, 5.74) is 17.1. The Morgan fingerprint density at radius 2 is 1.00 bits per heavy atom. The SMILES string of the molecule is CC1(C)CCC(C)(C)c2cc(-c3cc4c(cc3N(c3ccccc3)c3ccccc3-c3ccccc3)C(C)(C)c3ccccc3-4)ccc21. The number of hydrogen-bond acceptors (Lipinski definition) is 1. The first-order chi connectivity index (χ1) is 23.1. The molecule has 0 fully saturated rings. The van der Waals surface area contributed by atoms with E-state index in [2.05, 4.69) is 186 Å². The quantitative estimate of drug-likeness (QED) is 0.185. The number of anilines is 3. The lowest BCUT2D eigenvalue weighted by atomic mass is 9.63. The number of nitrogens with zero attached hydrogens (tertiary/aromatic N) is 1. The molecule has 0 saturated carbocycles. The van der Waals surface area contributed by atoms with Gasteiger partial charge in [0.15, 0.2) is 0 Å². The summed E-state index contributed by atoms with van der Waals surface area (Å²) in [6, 6.07) is 52.0. The van der Waals surface area contributed by atoms with Crippen LogP contribution in [-0.4, -0.2) is 0 Å². The van der Waals surface area contributed by atoms with Gasteiger partial charge in [0.2, 0.25) is 0 Å². The zero-order valence-electron chi connectivity index (χ0n) is 29.1. The molecule has 0 unspecified atom stereocenters. The minimum atomic E-state index is -0.123. The van der Waals surface area contributed by atoms with Gasteiger partial charge in [0.1, 0.15) is 0 Å². The molecule has 0 aromatic heterocycles. The lowest BCUT2D eigenvalue weighted by Gasteiger charge is -2.42. The monoisotopic (exact) mass is 623 g/mol. The maximum absolute atomic E-state index is 2.53. The van der Waals surface area contributed by atoms with Crippen molar-refractivity contribution in [3.63, 3.8) is 0 Å². The van der Waals surface area contributed by atoms with Crippen LogP contribution < -0.4 is 4.90 Å². The third kappa shape index (κ3) is 4.83. The molecule has 0 atom stereocenters. The van der Waals surface area contributed by atoms with E-state index in [0.29, 0.717) is 0 Å². The maximum Gasteiger partial charge on any atom is 0.0543 e. The van der Waals surface area contributed by atoms with E-state index < -0.39 is 0 Å². The van der Waals surface area contributed by atoms with Crippen LogP contribution in [0.15, 0.2) is 140 Å². The number of benzene rings is 6. The summed E-state index contributed by atoms with van der Waals surface area (Å²) < 4.78 is 0. The Morgan fingerprint density at radius 1 is 0.396 bits per heavy atom. The molecule has 2 aliphatic rings. The molecule has 0 amide bonds. The van der Waals surface area contributed by atoms with Crippen molar-refractivity contribution in [3.05, 3.63) is 162 Å².